The van der Waals surface area contributed by atoms with Gasteiger partial charge in [0, 0.05) is 17.8 Å². The first kappa shape index (κ1) is 8.11. The van der Waals surface area contributed by atoms with E-state index in [1.54, 1.807) is 0 Å². The zero-order chi connectivity index (χ0) is 8.23. The van der Waals surface area contributed by atoms with Gasteiger partial charge in [-0.1, -0.05) is 6.07 Å². The number of rotatable bonds is 1. The van der Waals surface area contributed by atoms with Crippen LogP contribution in [0.4, 0.5) is 0 Å². The van der Waals surface area contributed by atoms with Crippen molar-refractivity contribution >= 4 is 11.8 Å². The predicted octanol–water partition coefficient (Wildman–Crippen LogP) is 2.69. The first-order valence-electron chi connectivity index (χ1n) is 4.45. The zero-order valence-electron chi connectivity index (χ0n) is 7.07. The highest BCUT2D eigenvalue weighted by Crippen LogP contribution is 2.29. The first-order valence-corrected chi connectivity index (χ1v) is 5.61. The summed E-state index contributed by atoms with van der Waals surface area (Å²) in [6.07, 6.45) is 4.51. The molecule has 1 aliphatic heterocycles. The molecule has 0 atom stereocenters. The molecule has 1 aromatic rings. The second-order valence-corrected chi connectivity index (χ2v) is 4.37. The third-order valence-corrected chi connectivity index (χ3v) is 3.38. The Labute approximate surface area is 77.6 Å². The summed E-state index contributed by atoms with van der Waals surface area (Å²) in [7, 11) is 0. The molecular formula is C10H13NS. The molecule has 0 spiro atoms. The number of hydrogen-bond donors (Lipinski definition) is 0. The Morgan fingerprint density at radius 3 is 2.75 bits per heavy atom. The van der Waals surface area contributed by atoms with E-state index in [0.717, 1.165) is 5.92 Å². The average molecular weight is 179 g/mol. The van der Waals surface area contributed by atoms with Crippen molar-refractivity contribution in [2.24, 2.45) is 0 Å². The lowest BCUT2D eigenvalue weighted by atomic mass is 9.98. The van der Waals surface area contributed by atoms with Crippen molar-refractivity contribution in [1.29, 1.82) is 0 Å². The van der Waals surface area contributed by atoms with Gasteiger partial charge in [-0.2, -0.15) is 11.8 Å². The van der Waals surface area contributed by atoms with Crippen LogP contribution < -0.4 is 0 Å². The van der Waals surface area contributed by atoms with E-state index >= 15 is 0 Å². The van der Waals surface area contributed by atoms with Gasteiger partial charge in [-0.05, 0) is 36.5 Å². The average Bonchev–Trinajstić information content (AvgIpc) is 2.21. The molecule has 0 unspecified atom stereocenters. The molecular weight excluding hydrogens is 166 g/mol. The van der Waals surface area contributed by atoms with Gasteiger partial charge in [-0.3, -0.25) is 4.98 Å². The lowest BCUT2D eigenvalue weighted by Gasteiger charge is -2.20. The van der Waals surface area contributed by atoms with Gasteiger partial charge in [0.15, 0.2) is 0 Å². The maximum absolute atomic E-state index is 4.39. The Morgan fingerprint density at radius 1 is 1.25 bits per heavy atom. The molecule has 1 aromatic heterocycles. The van der Waals surface area contributed by atoms with Crippen molar-refractivity contribution in [2.45, 2.75) is 18.8 Å². The molecule has 0 bridgehead atoms. The van der Waals surface area contributed by atoms with Crippen LogP contribution in [-0.2, 0) is 0 Å². The van der Waals surface area contributed by atoms with E-state index in [2.05, 4.69) is 28.9 Å². The maximum atomic E-state index is 4.39. The van der Waals surface area contributed by atoms with Crippen molar-refractivity contribution in [2.75, 3.05) is 11.5 Å². The summed E-state index contributed by atoms with van der Waals surface area (Å²) in [6, 6.07) is 6.23. The van der Waals surface area contributed by atoms with Gasteiger partial charge in [0.25, 0.3) is 0 Å². The molecule has 1 aliphatic rings. The van der Waals surface area contributed by atoms with E-state index in [-0.39, 0.29) is 0 Å². The summed E-state index contributed by atoms with van der Waals surface area (Å²) in [6.45, 7) is 0. The smallest absolute Gasteiger partial charge is 0.0435 e. The number of aromatic nitrogens is 1. The lowest BCUT2D eigenvalue weighted by molar-refractivity contribution is 0.619. The van der Waals surface area contributed by atoms with E-state index in [4.69, 9.17) is 0 Å². The molecule has 0 radical (unpaired) electrons. The van der Waals surface area contributed by atoms with Gasteiger partial charge in [-0.15, -0.1) is 0 Å². The van der Waals surface area contributed by atoms with Gasteiger partial charge in [-0.25, -0.2) is 0 Å². The van der Waals surface area contributed by atoms with E-state index < -0.39 is 0 Å². The molecule has 0 aromatic carbocycles. The summed E-state index contributed by atoms with van der Waals surface area (Å²) in [5.41, 5.74) is 1.29. The van der Waals surface area contributed by atoms with Gasteiger partial charge >= 0.3 is 0 Å². The molecule has 1 saturated heterocycles. The van der Waals surface area contributed by atoms with Crippen LogP contribution in [0.1, 0.15) is 24.5 Å². The van der Waals surface area contributed by atoms with Crippen LogP contribution in [0.5, 0.6) is 0 Å². The van der Waals surface area contributed by atoms with Gasteiger partial charge < -0.3 is 0 Å². The molecule has 0 aliphatic carbocycles. The standard InChI is InChI=1S/C10H13NS/c1-2-6-11-10(3-1)9-4-7-12-8-5-9/h1-3,6,9H,4-5,7-8H2. The summed E-state index contributed by atoms with van der Waals surface area (Å²) in [4.78, 5) is 4.39. The predicted molar refractivity (Wildman–Crippen MR) is 53.5 cm³/mol. The van der Waals surface area contributed by atoms with Crippen molar-refractivity contribution in [3.63, 3.8) is 0 Å². The minimum absolute atomic E-state index is 0.729. The second kappa shape index (κ2) is 3.94. The highest BCUT2D eigenvalue weighted by molar-refractivity contribution is 7.99. The number of nitrogens with zero attached hydrogens (tertiary/aromatic N) is 1. The number of pyridine rings is 1. The van der Waals surface area contributed by atoms with Gasteiger partial charge in [0.2, 0.25) is 0 Å². The summed E-state index contributed by atoms with van der Waals surface area (Å²) in [5, 5.41) is 0. The fourth-order valence-corrected chi connectivity index (χ4v) is 2.72. The van der Waals surface area contributed by atoms with Crippen LogP contribution in [0, 0.1) is 0 Å². The van der Waals surface area contributed by atoms with E-state index in [1.807, 2.05) is 12.3 Å². The highest BCUT2D eigenvalue weighted by atomic mass is 32.2. The minimum atomic E-state index is 0.729. The largest absolute Gasteiger partial charge is 0.261 e. The van der Waals surface area contributed by atoms with E-state index in [0.29, 0.717) is 0 Å². The molecule has 64 valence electrons. The van der Waals surface area contributed by atoms with Crippen LogP contribution in [-0.4, -0.2) is 16.5 Å². The minimum Gasteiger partial charge on any atom is -0.261 e. The van der Waals surface area contributed by atoms with E-state index in [1.165, 1.54) is 30.0 Å². The summed E-state index contributed by atoms with van der Waals surface area (Å²) >= 11 is 2.07. The monoisotopic (exact) mass is 179 g/mol. The third-order valence-electron chi connectivity index (χ3n) is 2.33. The Morgan fingerprint density at radius 2 is 2.08 bits per heavy atom. The molecule has 1 fully saturated rings. The van der Waals surface area contributed by atoms with Crippen molar-refractivity contribution in [3.8, 4) is 0 Å². The molecule has 12 heavy (non-hydrogen) atoms. The molecule has 2 heterocycles. The molecule has 0 N–H and O–H groups in total. The quantitative estimate of drug-likeness (QED) is 0.657. The Balaban J connectivity index is 2.08. The van der Waals surface area contributed by atoms with E-state index in [9.17, 15) is 0 Å². The zero-order valence-corrected chi connectivity index (χ0v) is 7.89. The summed E-state index contributed by atoms with van der Waals surface area (Å²) in [5.74, 6) is 3.34. The fourth-order valence-electron chi connectivity index (χ4n) is 1.61. The van der Waals surface area contributed by atoms with Crippen molar-refractivity contribution in [1.82, 2.24) is 4.98 Å². The topological polar surface area (TPSA) is 12.9 Å². The van der Waals surface area contributed by atoms with Gasteiger partial charge in [0.1, 0.15) is 0 Å². The summed E-state index contributed by atoms with van der Waals surface area (Å²) < 4.78 is 0. The SMILES string of the molecule is c1ccc(C2CCSCC2)nc1. The second-order valence-electron chi connectivity index (χ2n) is 3.14. The van der Waals surface area contributed by atoms with Crippen LogP contribution in [0.15, 0.2) is 24.4 Å². The molecule has 2 rings (SSSR count). The van der Waals surface area contributed by atoms with Crippen LogP contribution in [0.2, 0.25) is 0 Å². The molecule has 1 nitrogen and oxygen atoms in total. The number of hydrogen-bond acceptors (Lipinski definition) is 2. The fraction of sp³-hybridized carbons (Fsp3) is 0.500. The molecule has 0 saturated carbocycles. The Kier molecular flexibility index (Phi) is 2.67. The van der Waals surface area contributed by atoms with Crippen molar-refractivity contribution < 1.29 is 0 Å². The lowest BCUT2D eigenvalue weighted by Crippen LogP contribution is -2.08. The van der Waals surface area contributed by atoms with Crippen molar-refractivity contribution in [3.05, 3.63) is 30.1 Å². The Hall–Kier alpha value is -0.500. The van der Waals surface area contributed by atoms with Crippen LogP contribution in [0.3, 0.4) is 0 Å². The third kappa shape index (κ3) is 1.81. The van der Waals surface area contributed by atoms with Crippen LogP contribution in [0.25, 0.3) is 0 Å². The molecule has 2 heteroatoms. The normalized spacial score (nSPS) is 19.3. The van der Waals surface area contributed by atoms with Gasteiger partial charge in [0.05, 0.1) is 0 Å². The molecule has 0 amide bonds. The first-order chi connectivity index (χ1) is 5.97. The number of thioether (sulfide) groups is 1. The van der Waals surface area contributed by atoms with Crippen LogP contribution >= 0.6 is 11.8 Å². The Bertz CT molecular complexity index is 229. The maximum Gasteiger partial charge on any atom is 0.0435 e. The highest BCUT2D eigenvalue weighted by Gasteiger charge is 2.15.